The second-order valence-corrected chi connectivity index (χ2v) is 7.98. The highest BCUT2D eigenvalue weighted by atomic mass is 19.1. The quantitative estimate of drug-likeness (QED) is 0.699. The van der Waals surface area contributed by atoms with Gasteiger partial charge in [-0.25, -0.2) is 13.6 Å². The van der Waals surface area contributed by atoms with Crippen LogP contribution in [0.1, 0.15) is 45.1 Å². The van der Waals surface area contributed by atoms with Crippen molar-refractivity contribution in [3.8, 4) is 0 Å². The average molecular weight is 426 g/mol. The lowest BCUT2D eigenvalue weighted by atomic mass is 10.1. The van der Waals surface area contributed by atoms with Crippen LogP contribution in [-0.2, 0) is 16.2 Å². The lowest BCUT2D eigenvalue weighted by molar-refractivity contribution is -0.766. The lowest BCUT2D eigenvalue weighted by Gasteiger charge is -2.30. The van der Waals surface area contributed by atoms with Gasteiger partial charge in [0.25, 0.3) is 0 Å². The monoisotopic (exact) mass is 426 g/mol. The van der Waals surface area contributed by atoms with Crippen molar-refractivity contribution in [2.45, 2.75) is 58.3 Å². The van der Waals surface area contributed by atoms with Gasteiger partial charge in [-0.1, -0.05) is 0 Å². The van der Waals surface area contributed by atoms with E-state index < -0.39 is 18.2 Å². The first kappa shape index (κ1) is 22.3. The molecule has 1 aromatic carbocycles. The van der Waals surface area contributed by atoms with Crippen molar-refractivity contribution >= 4 is 17.5 Å². The second kappa shape index (κ2) is 10.1. The molecule has 3 rings (SSSR count). The van der Waals surface area contributed by atoms with Gasteiger partial charge in [-0.05, 0) is 25.1 Å². The Bertz CT molecular complexity index is 770. The summed E-state index contributed by atoms with van der Waals surface area (Å²) in [6.45, 7) is 5.40. The van der Waals surface area contributed by atoms with Gasteiger partial charge in [0.2, 0.25) is 5.71 Å². The number of hydrogen-bond donors (Lipinski definition) is 2. The third-order valence-electron chi connectivity index (χ3n) is 5.40. The number of ether oxygens (including phenoxy) is 1. The minimum Gasteiger partial charge on any atom is -0.447 e. The molecule has 2 N–H and O–H groups in total. The average Bonchev–Trinajstić information content (AvgIpc) is 2.74. The van der Waals surface area contributed by atoms with E-state index in [1.807, 2.05) is 13.8 Å². The Hall–Kier alpha value is -2.42. The smallest absolute Gasteiger partial charge is 0.410 e. The molecule has 2 heterocycles. The summed E-state index contributed by atoms with van der Waals surface area (Å²) in [6.07, 6.45) is 2.35. The zero-order chi connectivity index (χ0) is 21.7. The van der Waals surface area contributed by atoms with Crippen LogP contribution in [0.2, 0.25) is 0 Å². The molecule has 0 aliphatic carbocycles. The van der Waals surface area contributed by atoms with E-state index in [1.54, 1.807) is 9.80 Å². The first-order chi connectivity index (χ1) is 14.4. The molecule has 1 amide bonds. The molecule has 0 radical (unpaired) electrons. The van der Waals surface area contributed by atoms with Crippen LogP contribution in [0.5, 0.6) is 0 Å². The van der Waals surface area contributed by atoms with Gasteiger partial charge in [0.15, 0.2) is 6.10 Å². The third kappa shape index (κ3) is 5.59. The largest absolute Gasteiger partial charge is 0.447 e. The summed E-state index contributed by atoms with van der Waals surface area (Å²) in [7, 11) is 0. The predicted molar refractivity (Wildman–Crippen MR) is 107 cm³/mol. The number of carbonyl (C=O) groups is 1. The van der Waals surface area contributed by atoms with Crippen LogP contribution < -0.4 is 10.1 Å². The number of rotatable bonds is 5. The Morgan fingerprint density at radius 1 is 1.17 bits per heavy atom. The van der Waals surface area contributed by atoms with Crippen LogP contribution in [0.15, 0.2) is 12.1 Å². The molecule has 2 fully saturated rings. The standard InChI is InChI=1S/C21H29F2N3O4/c1-14(2)29-21(28)26-9-5-17(6-10-26)30-24-16-3-7-25(8-4-16)20-12-18(22)15(13-27)11-19(20)23/h11-12,14,17,27H,3-10,13H2,1-2H3/p+1. The molecule has 9 heteroatoms. The molecule has 0 atom stereocenters. The number of nitrogens with zero attached hydrogens (tertiary/aromatic N) is 2. The number of carbonyl (C=O) groups excluding carboxylic acids is 1. The summed E-state index contributed by atoms with van der Waals surface area (Å²) < 4.78 is 33.4. The minimum absolute atomic E-state index is 0.0104. The minimum atomic E-state index is -0.603. The lowest BCUT2D eigenvalue weighted by Crippen LogP contribution is -2.75. The number of anilines is 1. The van der Waals surface area contributed by atoms with E-state index in [9.17, 15) is 13.6 Å². The van der Waals surface area contributed by atoms with E-state index in [4.69, 9.17) is 14.7 Å². The maximum Gasteiger partial charge on any atom is 0.410 e. The van der Waals surface area contributed by atoms with Gasteiger partial charge in [0, 0.05) is 63.5 Å². The fraction of sp³-hybridized carbons (Fsp3) is 0.619. The molecule has 2 saturated heterocycles. The van der Waals surface area contributed by atoms with Crippen LogP contribution in [0, 0.1) is 11.6 Å². The molecule has 0 spiro atoms. The van der Waals surface area contributed by atoms with Gasteiger partial charge in [0.05, 0.1) is 18.4 Å². The van der Waals surface area contributed by atoms with Crippen molar-refractivity contribution in [3.05, 3.63) is 29.3 Å². The molecule has 0 bridgehead atoms. The van der Waals surface area contributed by atoms with Crippen molar-refractivity contribution in [1.82, 2.24) is 4.90 Å². The Morgan fingerprint density at radius 2 is 1.83 bits per heavy atom. The molecule has 0 unspecified atom stereocenters. The van der Waals surface area contributed by atoms with Crippen molar-refractivity contribution in [3.63, 3.8) is 0 Å². The number of aliphatic hydroxyl groups excluding tert-OH is 1. The highest BCUT2D eigenvalue weighted by molar-refractivity contribution is 5.81. The first-order valence-corrected chi connectivity index (χ1v) is 10.4. The fourth-order valence-electron chi connectivity index (χ4n) is 3.66. The molecule has 0 aromatic heterocycles. The maximum atomic E-state index is 14.2. The Kier molecular flexibility index (Phi) is 7.47. The zero-order valence-corrected chi connectivity index (χ0v) is 17.5. The van der Waals surface area contributed by atoms with Gasteiger partial charge < -0.3 is 19.6 Å². The summed E-state index contributed by atoms with van der Waals surface area (Å²) in [5.74, 6) is -1.13. The van der Waals surface area contributed by atoms with Crippen molar-refractivity contribution in [2.24, 2.45) is 0 Å². The van der Waals surface area contributed by atoms with E-state index >= 15 is 0 Å². The normalized spacial score (nSPS) is 18.0. The van der Waals surface area contributed by atoms with Gasteiger partial charge in [0.1, 0.15) is 11.6 Å². The zero-order valence-electron chi connectivity index (χ0n) is 17.5. The number of hydrogen-bond acceptors (Lipinski definition) is 5. The molecule has 7 nitrogen and oxygen atoms in total. The Labute approximate surface area is 175 Å². The Balaban J connectivity index is 1.46. The number of piperidine rings is 2. The van der Waals surface area contributed by atoms with Crippen LogP contribution in [-0.4, -0.2) is 60.2 Å². The van der Waals surface area contributed by atoms with Crippen molar-refractivity contribution in [2.75, 3.05) is 31.1 Å². The third-order valence-corrected chi connectivity index (χ3v) is 5.40. The summed E-state index contributed by atoms with van der Waals surface area (Å²) in [5, 5.41) is 12.1. The van der Waals surface area contributed by atoms with Crippen molar-refractivity contribution < 1.29 is 33.4 Å². The molecular formula is C21H30F2N3O4+. The fourth-order valence-corrected chi connectivity index (χ4v) is 3.66. The number of aliphatic hydroxyl groups is 1. The topological polar surface area (TPSA) is 76.2 Å². The molecule has 2 aliphatic heterocycles. The summed E-state index contributed by atoms with van der Waals surface area (Å²) in [5.41, 5.74) is 1.19. The number of halogens is 2. The molecule has 2 aliphatic rings. The van der Waals surface area contributed by atoms with Gasteiger partial charge in [-0.3, -0.25) is 4.84 Å². The van der Waals surface area contributed by atoms with E-state index in [1.165, 1.54) is 0 Å². The van der Waals surface area contributed by atoms with Crippen LogP contribution in [0.25, 0.3) is 0 Å². The predicted octanol–water partition coefficient (Wildman–Crippen LogP) is 1.52. The van der Waals surface area contributed by atoms with Gasteiger partial charge in [-0.15, -0.1) is 0 Å². The number of likely N-dealkylation sites (tertiary alicyclic amines) is 1. The summed E-state index contributed by atoms with van der Waals surface area (Å²) in [4.78, 5) is 21.2. The highest BCUT2D eigenvalue weighted by Gasteiger charge is 2.28. The number of nitrogens with one attached hydrogen (secondary N) is 1. The van der Waals surface area contributed by atoms with E-state index in [2.05, 4.69) is 5.16 Å². The van der Waals surface area contributed by atoms with Crippen LogP contribution in [0.3, 0.4) is 0 Å². The Morgan fingerprint density at radius 3 is 2.43 bits per heavy atom. The maximum absolute atomic E-state index is 14.2. The van der Waals surface area contributed by atoms with Crippen LogP contribution in [0.4, 0.5) is 19.3 Å². The van der Waals surface area contributed by atoms with Crippen LogP contribution >= 0.6 is 0 Å². The summed E-state index contributed by atoms with van der Waals surface area (Å²) >= 11 is 0. The molecule has 30 heavy (non-hydrogen) atoms. The van der Waals surface area contributed by atoms with E-state index in [0.29, 0.717) is 39.0 Å². The highest BCUT2D eigenvalue weighted by Crippen LogP contribution is 2.25. The number of benzene rings is 1. The molecule has 0 saturated carbocycles. The first-order valence-electron chi connectivity index (χ1n) is 10.4. The molecular weight excluding hydrogens is 396 g/mol. The van der Waals surface area contributed by atoms with Crippen molar-refractivity contribution in [1.29, 1.82) is 0 Å². The van der Waals surface area contributed by atoms with Gasteiger partial charge >= 0.3 is 6.09 Å². The molecule has 1 aromatic rings. The summed E-state index contributed by atoms with van der Waals surface area (Å²) in [6, 6.07) is 2.20. The van der Waals surface area contributed by atoms with E-state index in [0.717, 1.165) is 30.7 Å². The van der Waals surface area contributed by atoms with E-state index in [-0.39, 0.29) is 29.6 Å². The SMILES string of the molecule is CC(C)OC(=O)N1CCC(O[NH+]=C2CCN(c3cc(F)c(CO)cc3F)CC2)CC1. The molecule has 166 valence electrons. The number of amides is 1. The second-order valence-electron chi connectivity index (χ2n) is 7.98. The van der Waals surface area contributed by atoms with Gasteiger partial charge in [-0.2, -0.15) is 0 Å².